The second-order valence-electron chi connectivity index (χ2n) is 4.71. The molecule has 2 amide bonds. The fraction of sp³-hybridized carbons (Fsp3) is 0.714. The number of piperidine rings is 1. The normalized spacial score (nSPS) is 14.4. The summed E-state index contributed by atoms with van der Waals surface area (Å²) in [6.07, 6.45) is 5.46. The summed E-state index contributed by atoms with van der Waals surface area (Å²) in [5.74, 6) is -0.743. The zero-order valence-corrected chi connectivity index (χ0v) is 12.4. The van der Waals surface area contributed by atoms with Crippen LogP contribution < -0.4 is 5.73 Å². The molecule has 0 spiro atoms. The van der Waals surface area contributed by atoms with E-state index in [2.05, 4.69) is 6.58 Å². The van der Waals surface area contributed by atoms with Crippen molar-refractivity contribution in [3.8, 4) is 0 Å². The minimum atomic E-state index is -0.743. The van der Waals surface area contributed by atoms with Crippen molar-refractivity contribution in [2.24, 2.45) is 5.73 Å². The van der Waals surface area contributed by atoms with E-state index < -0.39 is 5.97 Å². The molecule has 3 N–H and O–H groups in total. The first kappa shape index (κ1) is 18.4. The summed E-state index contributed by atoms with van der Waals surface area (Å²) in [7, 11) is 0. The maximum Gasteiger partial charge on any atom is 0.314 e. The van der Waals surface area contributed by atoms with Gasteiger partial charge >= 0.3 is 12.0 Å². The first-order chi connectivity index (χ1) is 9.51. The third-order valence-electron chi connectivity index (χ3n) is 3.14. The molecule has 0 atom stereocenters. The number of nitrogens with two attached hydrogens (primary N) is 1. The van der Waals surface area contributed by atoms with Crippen LogP contribution >= 0.6 is 0 Å². The molecule has 0 unspecified atom stereocenters. The first-order valence-corrected chi connectivity index (χ1v) is 7.10. The number of hydrogen-bond acceptors (Lipinski definition) is 3. The van der Waals surface area contributed by atoms with Gasteiger partial charge in [-0.3, -0.25) is 9.69 Å². The summed E-state index contributed by atoms with van der Waals surface area (Å²) in [5.41, 5.74) is 5.05. The monoisotopic (exact) mass is 285 g/mol. The molecule has 0 aliphatic carbocycles. The molecule has 20 heavy (non-hydrogen) atoms. The van der Waals surface area contributed by atoms with Gasteiger partial charge in [0.25, 0.3) is 0 Å². The van der Waals surface area contributed by atoms with E-state index in [9.17, 15) is 9.59 Å². The quantitative estimate of drug-likeness (QED) is 0.724. The van der Waals surface area contributed by atoms with Gasteiger partial charge in [0.1, 0.15) is 0 Å². The van der Waals surface area contributed by atoms with Crippen LogP contribution in [0.5, 0.6) is 0 Å². The van der Waals surface area contributed by atoms with Gasteiger partial charge in [0.2, 0.25) is 0 Å². The Labute approximate surface area is 121 Å². The topological polar surface area (TPSA) is 86.9 Å². The van der Waals surface area contributed by atoms with Crippen molar-refractivity contribution in [2.45, 2.75) is 32.6 Å². The predicted molar refractivity (Wildman–Crippen MR) is 79.6 cm³/mol. The number of primary amides is 1. The maximum absolute atomic E-state index is 10.5. The molecule has 6 heteroatoms. The smallest absolute Gasteiger partial charge is 0.314 e. The lowest BCUT2D eigenvalue weighted by molar-refractivity contribution is -0.137. The molecule has 0 saturated carbocycles. The molecule has 0 aromatic rings. The Morgan fingerprint density at radius 3 is 2.30 bits per heavy atom. The Bertz CT molecular complexity index is 302. The molecule has 1 saturated heterocycles. The summed E-state index contributed by atoms with van der Waals surface area (Å²) < 4.78 is 0. The van der Waals surface area contributed by atoms with Crippen LogP contribution in [0, 0.1) is 0 Å². The number of carboxylic acid groups (broad SMARTS) is 1. The molecule has 116 valence electrons. The maximum atomic E-state index is 10.5. The van der Waals surface area contributed by atoms with Crippen molar-refractivity contribution in [2.75, 3.05) is 32.7 Å². The van der Waals surface area contributed by atoms with Crippen LogP contribution in [0.3, 0.4) is 0 Å². The van der Waals surface area contributed by atoms with Gasteiger partial charge in [-0.25, -0.2) is 4.79 Å². The van der Waals surface area contributed by atoms with Crippen LogP contribution in [0.25, 0.3) is 0 Å². The summed E-state index contributed by atoms with van der Waals surface area (Å²) in [6.45, 7) is 9.56. The van der Waals surface area contributed by atoms with E-state index in [0.29, 0.717) is 6.54 Å². The summed E-state index contributed by atoms with van der Waals surface area (Å²) in [4.78, 5) is 24.4. The Hall–Kier alpha value is -1.56. The van der Waals surface area contributed by atoms with Crippen LogP contribution in [-0.4, -0.2) is 59.6 Å². The largest absolute Gasteiger partial charge is 0.481 e. The molecule has 1 rings (SSSR count). The average molecular weight is 285 g/mol. The van der Waals surface area contributed by atoms with E-state index in [0.717, 1.165) is 39.0 Å². The molecule has 0 aromatic heterocycles. The lowest BCUT2D eigenvalue weighted by atomic mass is 10.1. The Kier molecular flexibility index (Phi) is 10.4. The van der Waals surface area contributed by atoms with Gasteiger partial charge in [-0.15, -0.1) is 6.58 Å². The van der Waals surface area contributed by atoms with Crippen molar-refractivity contribution in [1.29, 1.82) is 0 Å². The molecule has 6 nitrogen and oxygen atoms in total. The molecule has 1 fully saturated rings. The minimum Gasteiger partial charge on any atom is -0.481 e. The van der Waals surface area contributed by atoms with Gasteiger partial charge in [0.05, 0.1) is 6.42 Å². The highest BCUT2D eigenvalue weighted by atomic mass is 16.4. The zero-order chi connectivity index (χ0) is 15.4. The second-order valence-corrected chi connectivity index (χ2v) is 4.71. The van der Waals surface area contributed by atoms with Crippen LogP contribution in [-0.2, 0) is 4.79 Å². The van der Waals surface area contributed by atoms with Gasteiger partial charge in [0.15, 0.2) is 0 Å². The Balaban J connectivity index is 0.000000367. The van der Waals surface area contributed by atoms with Crippen molar-refractivity contribution in [3.05, 3.63) is 12.7 Å². The lowest BCUT2D eigenvalue weighted by Crippen LogP contribution is -2.39. The fourth-order valence-corrected chi connectivity index (χ4v) is 1.93. The van der Waals surface area contributed by atoms with E-state index in [1.807, 2.05) is 11.8 Å². The summed E-state index contributed by atoms with van der Waals surface area (Å²) in [6, 6.07) is -0.269. The number of likely N-dealkylation sites (N-methyl/N-ethyl adjacent to an activating group) is 1. The number of hydrogen-bond donors (Lipinski definition) is 2. The highest BCUT2D eigenvalue weighted by Gasteiger charge is 2.11. The number of carbonyl (C=O) groups is 2. The predicted octanol–water partition coefficient (Wildman–Crippen LogP) is 1.52. The van der Waals surface area contributed by atoms with Gasteiger partial charge in [-0.05, 0) is 25.8 Å². The van der Waals surface area contributed by atoms with Gasteiger partial charge in [0, 0.05) is 26.2 Å². The van der Waals surface area contributed by atoms with E-state index in [4.69, 9.17) is 10.8 Å². The van der Waals surface area contributed by atoms with Crippen molar-refractivity contribution >= 4 is 12.0 Å². The number of urea groups is 1. The van der Waals surface area contributed by atoms with Crippen LogP contribution in [0.4, 0.5) is 4.79 Å². The third-order valence-corrected chi connectivity index (χ3v) is 3.14. The number of carbonyl (C=O) groups excluding carboxylic acids is 1. The van der Waals surface area contributed by atoms with E-state index in [1.165, 1.54) is 6.42 Å². The molecular formula is C14H27N3O3. The first-order valence-electron chi connectivity index (χ1n) is 7.10. The molecule has 0 aromatic carbocycles. The third kappa shape index (κ3) is 9.38. The minimum absolute atomic E-state index is 0.210. The number of aliphatic carboxylic acids is 1. The van der Waals surface area contributed by atoms with E-state index in [1.54, 1.807) is 11.0 Å². The fourth-order valence-electron chi connectivity index (χ4n) is 1.93. The Morgan fingerprint density at radius 2 is 1.95 bits per heavy atom. The van der Waals surface area contributed by atoms with Gasteiger partial charge < -0.3 is 15.7 Å². The molecule has 0 radical (unpaired) electrons. The van der Waals surface area contributed by atoms with Crippen molar-refractivity contribution in [3.63, 3.8) is 0 Å². The lowest BCUT2D eigenvalue weighted by Gasteiger charge is -2.24. The number of likely N-dealkylation sites (tertiary alicyclic amines) is 1. The molecule has 1 heterocycles. The number of rotatable bonds is 6. The average Bonchev–Trinajstić information content (AvgIpc) is 2.45. The van der Waals surface area contributed by atoms with Crippen LogP contribution in [0.15, 0.2) is 12.7 Å². The highest BCUT2D eigenvalue weighted by molar-refractivity contribution is 5.72. The SMILES string of the molecule is C=CCN(CC)CCC(=O)O.NC(=O)N1CCCCC1. The number of carboxylic acids is 1. The summed E-state index contributed by atoms with van der Waals surface area (Å²) in [5, 5.41) is 8.37. The zero-order valence-electron chi connectivity index (χ0n) is 12.4. The van der Waals surface area contributed by atoms with E-state index >= 15 is 0 Å². The van der Waals surface area contributed by atoms with Gasteiger partial charge in [-0.2, -0.15) is 0 Å². The van der Waals surface area contributed by atoms with E-state index in [-0.39, 0.29) is 12.5 Å². The van der Waals surface area contributed by atoms with Crippen molar-refractivity contribution in [1.82, 2.24) is 9.80 Å². The Morgan fingerprint density at radius 1 is 1.35 bits per heavy atom. The van der Waals surface area contributed by atoms with Crippen LogP contribution in [0.2, 0.25) is 0 Å². The summed E-state index contributed by atoms with van der Waals surface area (Å²) >= 11 is 0. The molecular weight excluding hydrogens is 258 g/mol. The highest BCUT2D eigenvalue weighted by Crippen LogP contribution is 2.07. The standard InChI is InChI=1S/C8H15NO2.C6H12N2O/c1-3-6-9(4-2)7-5-8(10)11;7-6(9)8-4-2-1-3-5-8/h3H,1,4-7H2,2H3,(H,10,11);1-5H2,(H2,7,9). The molecule has 0 bridgehead atoms. The van der Waals surface area contributed by atoms with Crippen molar-refractivity contribution < 1.29 is 14.7 Å². The number of nitrogens with zero attached hydrogens (tertiary/aromatic N) is 2. The number of amides is 2. The van der Waals surface area contributed by atoms with Crippen LogP contribution in [0.1, 0.15) is 32.6 Å². The molecule has 1 aliphatic heterocycles. The second kappa shape index (κ2) is 11.3. The van der Waals surface area contributed by atoms with Gasteiger partial charge in [-0.1, -0.05) is 13.0 Å². The molecule has 1 aliphatic rings.